The largest absolute Gasteiger partial charge is 0.383 e. The molecule has 0 aromatic heterocycles. The molecule has 1 fully saturated rings. The summed E-state index contributed by atoms with van der Waals surface area (Å²) in [7, 11) is 0. The molecule has 1 N–H and O–H groups in total. The van der Waals surface area contributed by atoms with Gasteiger partial charge in [-0.3, -0.25) is 0 Å². The molecule has 1 atom stereocenters. The molecule has 0 amide bonds. The number of hydrogen-bond acceptors (Lipinski definition) is 3. The normalized spacial score (nSPS) is 15.7. The van der Waals surface area contributed by atoms with E-state index in [2.05, 4.69) is 18.3 Å². The van der Waals surface area contributed by atoms with Crippen LogP contribution in [0.1, 0.15) is 37.3 Å². The van der Waals surface area contributed by atoms with E-state index in [4.69, 9.17) is 10.5 Å². The smallest absolute Gasteiger partial charge is 0.101 e. The van der Waals surface area contributed by atoms with Gasteiger partial charge in [-0.05, 0) is 37.5 Å². The van der Waals surface area contributed by atoms with Crippen molar-refractivity contribution >= 4 is 5.69 Å². The third kappa shape index (κ3) is 2.98. The van der Waals surface area contributed by atoms with Gasteiger partial charge in [0.1, 0.15) is 12.1 Å². The highest BCUT2D eigenvalue weighted by Gasteiger charge is 2.23. The minimum atomic E-state index is 0.418. The minimum absolute atomic E-state index is 0.418. The van der Waals surface area contributed by atoms with Crippen molar-refractivity contribution in [3.8, 4) is 12.1 Å². The molecule has 0 radical (unpaired) electrons. The van der Waals surface area contributed by atoms with E-state index in [-0.39, 0.29) is 0 Å². The van der Waals surface area contributed by atoms with Crippen LogP contribution in [0.4, 0.5) is 5.69 Å². The Balaban J connectivity index is 2.06. The highest BCUT2D eigenvalue weighted by atomic mass is 14.9. The average molecular weight is 225 g/mol. The van der Waals surface area contributed by atoms with Gasteiger partial charge in [0, 0.05) is 11.7 Å². The first-order chi connectivity index (χ1) is 8.22. The predicted molar refractivity (Wildman–Crippen MR) is 66.3 cm³/mol. The lowest BCUT2D eigenvalue weighted by Gasteiger charge is -2.15. The molecular weight excluding hydrogens is 210 g/mol. The fraction of sp³-hybridized carbons (Fsp3) is 0.429. The van der Waals surface area contributed by atoms with Crippen LogP contribution < -0.4 is 5.32 Å². The van der Waals surface area contributed by atoms with Crippen molar-refractivity contribution in [3.63, 3.8) is 0 Å². The summed E-state index contributed by atoms with van der Waals surface area (Å²) in [6.07, 6.45) is 3.88. The van der Waals surface area contributed by atoms with E-state index < -0.39 is 0 Å². The van der Waals surface area contributed by atoms with Crippen LogP contribution in [0.5, 0.6) is 0 Å². The Labute approximate surface area is 102 Å². The molecule has 1 saturated carbocycles. The number of nitriles is 2. The second kappa shape index (κ2) is 4.89. The molecule has 1 aliphatic carbocycles. The van der Waals surface area contributed by atoms with Crippen molar-refractivity contribution in [1.82, 2.24) is 0 Å². The molecule has 86 valence electrons. The van der Waals surface area contributed by atoms with Crippen molar-refractivity contribution in [3.05, 3.63) is 29.3 Å². The Hall–Kier alpha value is -2.00. The SMILES string of the molecule is CC(CC1CC1)Nc1ccc(C#N)c(C#N)c1. The maximum Gasteiger partial charge on any atom is 0.101 e. The van der Waals surface area contributed by atoms with E-state index in [0.717, 1.165) is 11.6 Å². The fourth-order valence-electron chi connectivity index (χ4n) is 2.02. The van der Waals surface area contributed by atoms with E-state index in [0.29, 0.717) is 17.2 Å². The summed E-state index contributed by atoms with van der Waals surface area (Å²) in [5.41, 5.74) is 1.80. The van der Waals surface area contributed by atoms with Crippen molar-refractivity contribution in [2.45, 2.75) is 32.2 Å². The summed E-state index contributed by atoms with van der Waals surface area (Å²) >= 11 is 0. The minimum Gasteiger partial charge on any atom is -0.383 e. The summed E-state index contributed by atoms with van der Waals surface area (Å²) < 4.78 is 0. The Morgan fingerprint density at radius 2 is 2.00 bits per heavy atom. The van der Waals surface area contributed by atoms with Crippen molar-refractivity contribution in [1.29, 1.82) is 10.5 Å². The lowest BCUT2D eigenvalue weighted by molar-refractivity contribution is 0.642. The van der Waals surface area contributed by atoms with Gasteiger partial charge in [0.05, 0.1) is 11.1 Å². The van der Waals surface area contributed by atoms with Crippen LogP contribution >= 0.6 is 0 Å². The molecule has 3 nitrogen and oxygen atoms in total. The van der Waals surface area contributed by atoms with Crippen LogP contribution in [0, 0.1) is 28.6 Å². The van der Waals surface area contributed by atoms with Gasteiger partial charge in [-0.15, -0.1) is 0 Å². The van der Waals surface area contributed by atoms with E-state index in [1.54, 1.807) is 12.1 Å². The van der Waals surface area contributed by atoms with Gasteiger partial charge in [-0.2, -0.15) is 10.5 Å². The summed E-state index contributed by atoms with van der Waals surface area (Å²) in [5, 5.41) is 21.1. The number of benzene rings is 1. The Bertz CT molecular complexity index is 489. The molecule has 0 aliphatic heterocycles. The second-order valence-corrected chi connectivity index (χ2v) is 4.71. The first-order valence-corrected chi connectivity index (χ1v) is 5.93. The van der Waals surface area contributed by atoms with E-state index in [1.165, 1.54) is 19.3 Å². The summed E-state index contributed by atoms with van der Waals surface area (Å²) in [4.78, 5) is 0. The van der Waals surface area contributed by atoms with Gasteiger partial charge >= 0.3 is 0 Å². The van der Waals surface area contributed by atoms with E-state index >= 15 is 0 Å². The maximum absolute atomic E-state index is 8.93. The van der Waals surface area contributed by atoms with Gasteiger partial charge in [-0.25, -0.2) is 0 Å². The quantitative estimate of drug-likeness (QED) is 0.856. The third-order valence-corrected chi connectivity index (χ3v) is 3.06. The molecule has 0 heterocycles. The summed E-state index contributed by atoms with van der Waals surface area (Å²) in [5.74, 6) is 0.881. The Morgan fingerprint density at radius 1 is 1.29 bits per heavy atom. The van der Waals surface area contributed by atoms with Gasteiger partial charge in [0.25, 0.3) is 0 Å². The molecule has 2 rings (SSSR count). The predicted octanol–water partition coefficient (Wildman–Crippen LogP) is 3.03. The molecular formula is C14H15N3. The molecule has 0 spiro atoms. The molecule has 17 heavy (non-hydrogen) atoms. The first-order valence-electron chi connectivity index (χ1n) is 5.93. The monoisotopic (exact) mass is 225 g/mol. The fourth-order valence-corrected chi connectivity index (χ4v) is 2.02. The molecule has 1 aromatic rings. The molecule has 3 heteroatoms. The topological polar surface area (TPSA) is 59.6 Å². The van der Waals surface area contributed by atoms with Crippen LogP contribution in [-0.2, 0) is 0 Å². The molecule has 1 aromatic carbocycles. The highest BCUT2D eigenvalue weighted by molar-refractivity contribution is 5.56. The van der Waals surface area contributed by atoms with Crippen LogP contribution in [0.3, 0.4) is 0 Å². The summed E-state index contributed by atoms with van der Waals surface area (Å²) in [6, 6.07) is 9.80. The first kappa shape index (κ1) is 11.5. The number of nitrogens with zero attached hydrogens (tertiary/aromatic N) is 2. The van der Waals surface area contributed by atoms with Crippen LogP contribution in [-0.4, -0.2) is 6.04 Å². The lowest BCUT2D eigenvalue weighted by Crippen LogP contribution is -2.15. The number of hydrogen-bond donors (Lipinski definition) is 1. The van der Waals surface area contributed by atoms with Gasteiger partial charge in [0.15, 0.2) is 0 Å². The summed E-state index contributed by atoms with van der Waals surface area (Å²) in [6.45, 7) is 2.16. The highest BCUT2D eigenvalue weighted by Crippen LogP contribution is 2.34. The molecule has 0 saturated heterocycles. The van der Waals surface area contributed by atoms with E-state index in [1.807, 2.05) is 12.1 Å². The van der Waals surface area contributed by atoms with Gasteiger partial charge < -0.3 is 5.32 Å². The lowest BCUT2D eigenvalue weighted by atomic mass is 10.1. The Morgan fingerprint density at radius 3 is 2.59 bits per heavy atom. The van der Waals surface area contributed by atoms with Crippen LogP contribution in [0.25, 0.3) is 0 Å². The number of rotatable bonds is 4. The second-order valence-electron chi connectivity index (χ2n) is 4.71. The Kier molecular flexibility index (Phi) is 3.30. The average Bonchev–Trinajstić information content (AvgIpc) is 3.12. The van der Waals surface area contributed by atoms with Gasteiger partial charge in [-0.1, -0.05) is 12.8 Å². The third-order valence-electron chi connectivity index (χ3n) is 3.06. The molecule has 1 unspecified atom stereocenters. The number of anilines is 1. The number of nitrogens with one attached hydrogen (secondary N) is 1. The van der Waals surface area contributed by atoms with Crippen molar-refractivity contribution in [2.75, 3.05) is 5.32 Å². The zero-order valence-electron chi connectivity index (χ0n) is 9.90. The maximum atomic E-state index is 8.93. The zero-order valence-corrected chi connectivity index (χ0v) is 9.90. The standard InChI is InChI=1S/C14H15N3/c1-10(6-11-2-3-11)17-14-5-4-12(8-15)13(7-14)9-16/h4-5,7,10-11,17H,2-3,6H2,1H3. The van der Waals surface area contributed by atoms with Crippen molar-refractivity contribution < 1.29 is 0 Å². The van der Waals surface area contributed by atoms with Crippen LogP contribution in [0.15, 0.2) is 18.2 Å². The molecule has 0 bridgehead atoms. The van der Waals surface area contributed by atoms with E-state index in [9.17, 15) is 0 Å². The van der Waals surface area contributed by atoms with Gasteiger partial charge in [0.2, 0.25) is 0 Å². The van der Waals surface area contributed by atoms with Crippen LogP contribution in [0.2, 0.25) is 0 Å². The zero-order chi connectivity index (χ0) is 12.3. The molecule has 1 aliphatic rings. The van der Waals surface area contributed by atoms with Crippen molar-refractivity contribution in [2.24, 2.45) is 5.92 Å².